The Hall–Kier alpha value is -3.46. The highest BCUT2D eigenvalue weighted by molar-refractivity contribution is 5.87. The van der Waals surface area contributed by atoms with Crippen LogP contribution in [0.2, 0.25) is 0 Å². The minimum Gasteiger partial charge on any atom is -0.463 e. The fourth-order valence-electron chi connectivity index (χ4n) is 4.33. The number of carbonyl (C=O) groups is 6. The molecule has 0 aromatic heterocycles. The molecule has 0 fully saturated rings. The number of carbonyl (C=O) groups excluding carboxylic acids is 6. The molecular weight excluding hydrogens is 678 g/mol. The standard InChI is InChI=1S/C37H67N3O12/c1-11-22-47-24-15-18-30(42)49-26-25-48-23-14-17-29(41)38-21-13-12-16-27(32(44)51-36(5,6)7)39-34(46)40-28(33(45)52-37(8,9)10)19-20-31(43)50-35(2,3)4/h27-28H,11-26H2,1-10H3,(H,38,41)(H2,39,40,46)/t27?,28-/m0/s1. The topological polar surface area (TPSA) is 194 Å². The molecular formula is C37H67N3O12. The molecule has 0 saturated heterocycles. The summed E-state index contributed by atoms with van der Waals surface area (Å²) in [5.41, 5.74) is -2.37. The van der Waals surface area contributed by atoms with Crippen LogP contribution < -0.4 is 16.0 Å². The maximum atomic E-state index is 13.1. The fraction of sp³-hybridized carbons (Fsp3) is 0.838. The molecule has 0 radical (unpaired) electrons. The Kier molecular flexibility index (Phi) is 23.8. The van der Waals surface area contributed by atoms with Crippen molar-refractivity contribution in [2.24, 2.45) is 0 Å². The van der Waals surface area contributed by atoms with E-state index in [1.807, 2.05) is 6.92 Å². The summed E-state index contributed by atoms with van der Waals surface area (Å²) in [5, 5.41) is 7.97. The van der Waals surface area contributed by atoms with Gasteiger partial charge in [0, 0.05) is 45.6 Å². The number of amides is 3. The smallest absolute Gasteiger partial charge is 0.329 e. The van der Waals surface area contributed by atoms with Crippen molar-refractivity contribution in [1.29, 1.82) is 0 Å². The van der Waals surface area contributed by atoms with Crippen LogP contribution in [0.15, 0.2) is 0 Å². The van der Waals surface area contributed by atoms with Gasteiger partial charge < -0.3 is 44.4 Å². The van der Waals surface area contributed by atoms with Crippen LogP contribution in [0.5, 0.6) is 0 Å². The van der Waals surface area contributed by atoms with E-state index in [1.165, 1.54) is 0 Å². The maximum Gasteiger partial charge on any atom is 0.329 e. The lowest BCUT2D eigenvalue weighted by atomic mass is 10.1. The number of rotatable bonds is 25. The lowest BCUT2D eigenvalue weighted by Crippen LogP contribution is -2.53. The average molecular weight is 746 g/mol. The quantitative estimate of drug-likeness (QED) is 0.0666. The van der Waals surface area contributed by atoms with Gasteiger partial charge in [0.05, 0.1) is 6.61 Å². The van der Waals surface area contributed by atoms with Crippen molar-refractivity contribution in [2.75, 3.05) is 39.6 Å². The molecule has 52 heavy (non-hydrogen) atoms. The molecule has 15 nitrogen and oxygen atoms in total. The molecule has 0 rings (SSSR count). The van der Waals surface area contributed by atoms with E-state index in [0.29, 0.717) is 58.5 Å². The normalized spacial score (nSPS) is 13.0. The van der Waals surface area contributed by atoms with Crippen molar-refractivity contribution in [2.45, 2.75) is 162 Å². The maximum absolute atomic E-state index is 13.1. The van der Waals surface area contributed by atoms with Crippen LogP contribution in [-0.4, -0.2) is 104 Å². The Bertz CT molecular complexity index is 1090. The van der Waals surface area contributed by atoms with Crippen LogP contribution >= 0.6 is 0 Å². The monoisotopic (exact) mass is 745 g/mol. The predicted molar refractivity (Wildman–Crippen MR) is 194 cm³/mol. The Labute approximate surface area is 310 Å². The van der Waals surface area contributed by atoms with Crippen molar-refractivity contribution in [1.82, 2.24) is 16.0 Å². The second-order valence-corrected chi connectivity index (χ2v) is 15.4. The number of hydrogen-bond donors (Lipinski definition) is 3. The number of esters is 4. The molecule has 15 heteroatoms. The van der Waals surface area contributed by atoms with Crippen molar-refractivity contribution in [3.05, 3.63) is 0 Å². The van der Waals surface area contributed by atoms with Gasteiger partial charge in [-0.15, -0.1) is 0 Å². The fourth-order valence-corrected chi connectivity index (χ4v) is 4.33. The first-order chi connectivity index (χ1) is 24.1. The summed E-state index contributed by atoms with van der Waals surface area (Å²) in [6, 6.07) is -3.04. The van der Waals surface area contributed by atoms with Gasteiger partial charge in [-0.1, -0.05) is 6.92 Å². The summed E-state index contributed by atoms with van der Waals surface area (Å²) in [5.74, 6) is -2.37. The molecule has 1 unspecified atom stereocenters. The van der Waals surface area contributed by atoms with E-state index >= 15 is 0 Å². The van der Waals surface area contributed by atoms with Gasteiger partial charge in [0.15, 0.2) is 0 Å². The molecule has 0 aromatic carbocycles. The molecule has 302 valence electrons. The Morgan fingerprint density at radius 2 is 1.06 bits per heavy atom. The lowest BCUT2D eigenvalue weighted by molar-refractivity contribution is -0.159. The molecule has 3 amide bonds. The summed E-state index contributed by atoms with van der Waals surface area (Å²) in [6.45, 7) is 19.7. The van der Waals surface area contributed by atoms with Crippen molar-refractivity contribution >= 4 is 35.8 Å². The van der Waals surface area contributed by atoms with Crippen LogP contribution in [-0.2, 0) is 52.4 Å². The van der Waals surface area contributed by atoms with Gasteiger partial charge in [-0.05, 0) is 107 Å². The largest absolute Gasteiger partial charge is 0.463 e. The van der Waals surface area contributed by atoms with E-state index in [0.717, 1.165) is 6.42 Å². The first-order valence-electron chi connectivity index (χ1n) is 18.4. The third kappa shape index (κ3) is 29.2. The van der Waals surface area contributed by atoms with Crippen LogP contribution in [0.3, 0.4) is 0 Å². The highest BCUT2D eigenvalue weighted by Gasteiger charge is 2.31. The molecule has 0 aromatic rings. The van der Waals surface area contributed by atoms with Gasteiger partial charge in [0.25, 0.3) is 0 Å². The second kappa shape index (κ2) is 25.5. The zero-order valence-electron chi connectivity index (χ0n) is 33.4. The predicted octanol–water partition coefficient (Wildman–Crippen LogP) is 4.66. The van der Waals surface area contributed by atoms with Crippen LogP contribution in [0.4, 0.5) is 4.79 Å². The number of hydrogen-bond acceptors (Lipinski definition) is 12. The second-order valence-electron chi connectivity index (χ2n) is 15.4. The Morgan fingerprint density at radius 1 is 0.538 bits per heavy atom. The summed E-state index contributed by atoms with van der Waals surface area (Å²) in [4.78, 5) is 75.3. The van der Waals surface area contributed by atoms with Crippen LogP contribution in [0, 0.1) is 0 Å². The van der Waals surface area contributed by atoms with Gasteiger partial charge in [-0.3, -0.25) is 14.4 Å². The van der Waals surface area contributed by atoms with E-state index in [1.54, 1.807) is 62.3 Å². The minimum absolute atomic E-state index is 0.0780. The molecule has 0 spiro atoms. The molecule has 0 saturated carbocycles. The molecule has 0 aliphatic heterocycles. The zero-order valence-corrected chi connectivity index (χ0v) is 33.4. The van der Waals surface area contributed by atoms with Crippen molar-refractivity contribution in [3.63, 3.8) is 0 Å². The van der Waals surface area contributed by atoms with Crippen LogP contribution in [0.1, 0.15) is 133 Å². The van der Waals surface area contributed by atoms with E-state index in [9.17, 15) is 28.8 Å². The minimum atomic E-state index is -1.19. The highest BCUT2D eigenvalue weighted by atomic mass is 16.6. The SMILES string of the molecule is CCCOCCCC(=O)OCCOCCCC(=O)NCCCCC(NC(=O)N[C@@H](CCC(=O)OC(C)(C)C)C(=O)OC(C)(C)C)C(=O)OC(C)(C)C. The summed E-state index contributed by atoms with van der Waals surface area (Å²) in [7, 11) is 0. The summed E-state index contributed by atoms with van der Waals surface area (Å²) < 4.78 is 32.2. The highest BCUT2D eigenvalue weighted by Crippen LogP contribution is 2.15. The molecule has 0 bridgehead atoms. The number of unbranched alkanes of at least 4 members (excludes halogenated alkanes) is 1. The molecule has 3 N–H and O–H groups in total. The van der Waals surface area contributed by atoms with E-state index in [4.69, 9.17) is 28.4 Å². The Morgan fingerprint density at radius 3 is 1.60 bits per heavy atom. The number of ether oxygens (including phenoxy) is 6. The first-order valence-corrected chi connectivity index (χ1v) is 18.4. The molecule has 0 aliphatic rings. The van der Waals surface area contributed by atoms with Crippen LogP contribution in [0.25, 0.3) is 0 Å². The first kappa shape index (κ1) is 48.5. The van der Waals surface area contributed by atoms with Gasteiger partial charge in [0.2, 0.25) is 5.91 Å². The van der Waals surface area contributed by atoms with Gasteiger partial charge >= 0.3 is 29.9 Å². The van der Waals surface area contributed by atoms with E-state index in [-0.39, 0.29) is 50.8 Å². The summed E-state index contributed by atoms with van der Waals surface area (Å²) in [6.07, 6.45) is 3.57. The van der Waals surface area contributed by atoms with Gasteiger partial charge in [-0.2, -0.15) is 0 Å². The molecule has 0 heterocycles. The van der Waals surface area contributed by atoms with E-state index in [2.05, 4.69) is 16.0 Å². The zero-order chi connectivity index (χ0) is 39.8. The van der Waals surface area contributed by atoms with Gasteiger partial charge in [-0.25, -0.2) is 14.4 Å². The third-order valence-electron chi connectivity index (χ3n) is 6.49. The Balaban J connectivity index is 4.79. The average Bonchev–Trinajstić information content (AvgIpc) is 2.99. The summed E-state index contributed by atoms with van der Waals surface area (Å²) >= 11 is 0. The third-order valence-corrected chi connectivity index (χ3v) is 6.49. The lowest BCUT2D eigenvalue weighted by Gasteiger charge is -2.27. The van der Waals surface area contributed by atoms with Crippen molar-refractivity contribution < 1.29 is 57.2 Å². The number of nitrogens with one attached hydrogen (secondary N) is 3. The van der Waals surface area contributed by atoms with E-state index < -0.39 is 52.8 Å². The molecule has 2 atom stereocenters. The molecule has 0 aliphatic carbocycles. The number of urea groups is 1. The van der Waals surface area contributed by atoms with Crippen molar-refractivity contribution in [3.8, 4) is 0 Å². The van der Waals surface area contributed by atoms with Gasteiger partial charge in [0.1, 0.15) is 35.5 Å².